The molecule has 0 radical (unpaired) electrons. The number of ether oxygens (including phenoxy) is 2. The molecule has 6 heteroatoms. The fraction of sp³-hybridized carbons (Fsp3) is 0.462. The molecule has 1 saturated heterocycles. The zero-order chi connectivity index (χ0) is 13.7. The Kier molecular flexibility index (Phi) is 4.33. The highest BCUT2D eigenvalue weighted by Crippen LogP contribution is 2.18. The molecule has 0 aliphatic carbocycles. The number of hydrogen-bond donors (Lipinski definition) is 0. The monoisotopic (exact) mass is 263 g/mol. The minimum absolute atomic E-state index is 0.0188. The van der Waals surface area contributed by atoms with Crippen molar-refractivity contribution in [3.8, 4) is 11.8 Å². The van der Waals surface area contributed by atoms with Crippen molar-refractivity contribution in [1.29, 1.82) is 0 Å². The molecule has 1 fully saturated rings. The summed E-state index contributed by atoms with van der Waals surface area (Å²) in [5, 5.41) is 0. The lowest BCUT2D eigenvalue weighted by molar-refractivity contribution is -0.125. The summed E-state index contributed by atoms with van der Waals surface area (Å²) in [5.74, 6) is 0.854. The molecule has 19 heavy (non-hydrogen) atoms. The second-order valence-electron chi connectivity index (χ2n) is 4.21. The van der Waals surface area contributed by atoms with E-state index in [4.69, 9.17) is 9.47 Å². The van der Waals surface area contributed by atoms with Crippen molar-refractivity contribution in [2.75, 3.05) is 20.2 Å². The van der Waals surface area contributed by atoms with Crippen LogP contribution in [0.2, 0.25) is 0 Å². The zero-order valence-corrected chi connectivity index (χ0v) is 11.1. The normalized spacial score (nSPS) is 18.8. The van der Waals surface area contributed by atoms with E-state index in [9.17, 15) is 4.79 Å². The molecule has 6 nitrogen and oxygen atoms in total. The SMILES string of the molecule is C/C=C/C(=O)N1CC[C@@H](Oc2cncc(OC)n2)C1. The molecule has 0 aromatic carbocycles. The van der Waals surface area contributed by atoms with Crippen LogP contribution in [0.3, 0.4) is 0 Å². The van der Waals surface area contributed by atoms with Crippen LogP contribution in [0.4, 0.5) is 0 Å². The number of aromatic nitrogens is 2. The van der Waals surface area contributed by atoms with Crippen LogP contribution in [0.25, 0.3) is 0 Å². The van der Waals surface area contributed by atoms with Crippen LogP contribution in [0.5, 0.6) is 11.8 Å². The van der Waals surface area contributed by atoms with Gasteiger partial charge in [-0.25, -0.2) is 0 Å². The minimum atomic E-state index is -0.0457. The van der Waals surface area contributed by atoms with Gasteiger partial charge >= 0.3 is 0 Å². The summed E-state index contributed by atoms with van der Waals surface area (Å²) in [4.78, 5) is 21.6. The van der Waals surface area contributed by atoms with Gasteiger partial charge in [0.1, 0.15) is 6.10 Å². The van der Waals surface area contributed by atoms with E-state index in [0.29, 0.717) is 24.8 Å². The van der Waals surface area contributed by atoms with Gasteiger partial charge in [-0.2, -0.15) is 4.98 Å². The molecular formula is C13H17N3O3. The lowest BCUT2D eigenvalue weighted by Gasteiger charge is -2.15. The van der Waals surface area contributed by atoms with Gasteiger partial charge in [-0.1, -0.05) is 6.08 Å². The van der Waals surface area contributed by atoms with E-state index >= 15 is 0 Å². The first kappa shape index (κ1) is 13.3. The third kappa shape index (κ3) is 3.43. The summed E-state index contributed by atoms with van der Waals surface area (Å²) in [6.07, 6.45) is 7.11. The van der Waals surface area contributed by atoms with Crippen LogP contribution < -0.4 is 9.47 Å². The lowest BCUT2D eigenvalue weighted by atomic mass is 10.3. The number of allylic oxidation sites excluding steroid dienone is 1. The summed E-state index contributed by atoms with van der Waals surface area (Å²) < 4.78 is 10.7. The van der Waals surface area contributed by atoms with Gasteiger partial charge in [-0.05, 0) is 13.0 Å². The van der Waals surface area contributed by atoms with Crippen molar-refractivity contribution in [3.63, 3.8) is 0 Å². The Bertz CT molecular complexity index is 476. The number of nitrogens with zero attached hydrogens (tertiary/aromatic N) is 3. The van der Waals surface area contributed by atoms with Crippen molar-refractivity contribution in [2.45, 2.75) is 19.4 Å². The molecule has 1 atom stereocenters. The van der Waals surface area contributed by atoms with Crippen LogP contribution in [0.1, 0.15) is 13.3 Å². The molecule has 2 heterocycles. The molecule has 0 unspecified atom stereocenters. The van der Waals surface area contributed by atoms with Crippen molar-refractivity contribution >= 4 is 5.91 Å². The third-order valence-electron chi connectivity index (χ3n) is 2.85. The maximum Gasteiger partial charge on any atom is 0.246 e. The van der Waals surface area contributed by atoms with Gasteiger partial charge in [-0.3, -0.25) is 9.78 Å². The van der Waals surface area contributed by atoms with Gasteiger partial charge in [0.15, 0.2) is 0 Å². The molecule has 1 aliphatic rings. The quantitative estimate of drug-likeness (QED) is 0.759. The molecule has 1 aromatic rings. The Hall–Kier alpha value is -2.11. The van der Waals surface area contributed by atoms with Gasteiger partial charge < -0.3 is 14.4 Å². The first-order valence-electron chi connectivity index (χ1n) is 6.17. The van der Waals surface area contributed by atoms with Crippen LogP contribution in [-0.2, 0) is 4.79 Å². The molecule has 1 aliphatic heterocycles. The van der Waals surface area contributed by atoms with Gasteiger partial charge in [0, 0.05) is 13.0 Å². The van der Waals surface area contributed by atoms with Crippen LogP contribution in [0, 0.1) is 0 Å². The molecule has 0 bridgehead atoms. The molecule has 102 valence electrons. The van der Waals surface area contributed by atoms with E-state index < -0.39 is 0 Å². The first-order valence-corrected chi connectivity index (χ1v) is 6.17. The van der Waals surface area contributed by atoms with Gasteiger partial charge in [0.05, 0.1) is 26.0 Å². The summed E-state index contributed by atoms with van der Waals surface area (Å²) in [6.45, 7) is 3.10. The maximum absolute atomic E-state index is 11.7. The largest absolute Gasteiger partial charge is 0.480 e. The third-order valence-corrected chi connectivity index (χ3v) is 2.85. The van der Waals surface area contributed by atoms with E-state index in [1.807, 2.05) is 6.92 Å². The fourth-order valence-corrected chi connectivity index (χ4v) is 1.93. The van der Waals surface area contributed by atoms with Gasteiger partial charge in [0.2, 0.25) is 17.7 Å². The average molecular weight is 263 g/mol. The Morgan fingerprint density at radius 3 is 3.00 bits per heavy atom. The number of methoxy groups -OCH3 is 1. The van der Waals surface area contributed by atoms with Crippen molar-refractivity contribution in [1.82, 2.24) is 14.9 Å². The molecule has 0 N–H and O–H groups in total. The minimum Gasteiger partial charge on any atom is -0.480 e. The number of carbonyl (C=O) groups is 1. The summed E-state index contributed by atoms with van der Waals surface area (Å²) in [6, 6.07) is 0. The molecule has 1 amide bonds. The smallest absolute Gasteiger partial charge is 0.246 e. The first-order chi connectivity index (χ1) is 9.22. The van der Waals surface area contributed by atoms with E-state index in [0.717, 1.165) is 6.42 Å². The zero-order valence-electron chi connectivity index (χ0n) is 11.1. The summed E-state index contributed by atoms with van der Waals surface area (Å²) in [5.41, 5.74) is 0. The van der Waals surface area contributed by atoms with E-state index in [1.165, 1.54) is 13.3 Å². The number of likely N-dealkylation sites (tertiary alicyclic amines) is 1. The Morgan fingerprint density at radius 1 is 1.47 bits per heavy atom. The number of rotatable bonds is 4. The van der Waals surface area contributed by atoms with Crippen molar-refractivity contribution in [2.24, 2.45) is 0 Å². The number of amides is 1. The van der Waals surface area contributed by atoms with Crippen molar-refractivity contribution in [3.05, 3.63) is 24.5 Å². The standard InChI is InChI=1S/C13H17N3O3/c1-3-4-13(17)16-6-5-10(9-16)19-12-8-14-7-11(15-12)18-2/h3-4,7-8,10H,5-6,9H2,1-2H3/b4-3+/t10-/m1/s1. The van der Waals surface area contributed by atoms with Gasteiger partial charge in [0.25, 0.3) is 0 Å². The molecule has 0 spiro atoms. The molecule has 2 rings (SSSR count). The number of carbonyl (C=O) groups excluding carboxylic acids is 1. The predicted octanol–water partition coefficient (Wildman–Crippen LogP) is 1.04. The molecule has 1 aromatic heterocycles. The highest BCUT2D eigenvalue weighted by Gasteiger charge is 2.26. The second kappa shape index (κ2) is 6.17. The van der Waals surface area contributed by atoms with E-state index in [1.54, 1.807) is 23.2 Å². The van der Waals surface area contributed by atoms with Crippen LogP contribution >= 0.6 is 0 Å². The lowest BCUT2D eigenvalue weighted by Crippen LogP contribution is -2.29. The average Bonchev–Trinajstić information content (AvgIpc) is 2.88. The predicted molar refractivity (Wildman–Crippen MR) is 69.0 cm³/mol. The molecular weight excluding hydrogens is 246 g/mol. The van der Waals surface area contributed by atoms with Crippen molar-refractivity contribution < 1.29 is 14.3 Å². The summed E-state index contributed by atoms with van der Waals surface area (Å²) in [7, 11) is 1.53. The Labute approximate surface area is 112 Å². The van der Waals surface area contributed by atoms with Crippen LogP contribution in [-0.4, -0.2) is 47.1 Å². The Balaban J connectivity index is 1.92. The van der Waals surface area contributed by atoms with E-state index in [-0.39, 0.29) is 12.0 Å². The highest BCUT2D eigenvalue weighted by molar-refractivity contribution is 5.87. The topological polar surface area (TPSA) is 64.6 Å². The Morgan fingerprint density at radius 2 is 2.26 bits per heavy atom. The van der Waals surface area contributed by atoms with E-state index in [2.05, 4.69) is 9.97 Å². The highest BCUT2D eigenvalue weighted by atomic mass is 16.5. The second-order valence-corrected chi connectivity index (χ2v) is 4.21. The van der Waals surface area contributed by atoms with Gasteiger partial charge in [-0.15, -0.1) is 0 Å². The molecule has 0 saturated carbocycles. The summed E-state index contributed by atoms with van der Waals surface area (Å²) >= 11 is 0. The fourth-order valence-electron chi connectivity index (χ4n) is 1.93. The number of hydrogen-bond acceptors (Lipinski definition) is 5. The van der Waals surface area contributed by atoms with Crippen LogP contribution in [0.15, 0.2) is 24.5 Å². The maximum atomic E-state index is 11.7.